The van der Waals surface area contributed by atoms with Gasteiger partial charge in [-0.2, -0.15) is 0 Å². The van der Waals surface area contributed by atoms with Gasteiger partial charge in [0.2, 0.25) is 0 Å². The minimum Gasteiger partial charge on any atom is -0.390 e. The average molecular weight is 234 g/mol. The Morgan fingerprint density at radius 3 is 2.59 bits per heavy atom. The van der Waals surface area contributed by atoms with E-state index >= 15 is 0 Å². The summed E-state index contributed by atoms with van der Waals surface area (Å²) in [6, 6.07) is 6.22. The maximum Gasteiger partial charge on any atom is 0.269 e. The summed E-state index contributed by atoms with van der Waals surface area (Å²) in [5.74, 6) is 0. The number of non-ortho nitro benzene ring substituents is 1. The number of nitrogens with zero attached hydrogens (tertiary/aromatic N) is 4. The van der Waals surface area contributed by atoms with Gasteiger partial charge < -0.3 is 5.11 Å². The summed E-state index contributed by atoms with van der Waals surface area (Å²) in [7, 11) is 0. The lowest BCUT2D eigenvalue weighted by Crippen LogP contribution is -2.00. The van der Waals surface area contributed by atoms with Gasteiger partial charge in [0.15, 0.2) is 0 Å². The molecule has 17 heavy (non-hydrogen) atoms. The smallest absolute Gasteiger partial charge is 0.269 e. The van der Waals surface area contributed by atoms with Crippen LogP contribution < -0.4 is 0 Å². The number of rotatable bonds is 4. The molecule has 0 saturated heterocycles. The lowest BCUT2D eigenvalue weighted by atomic mass is 10.2. The maximum atomic E-state index is 10.5. The summed E-state index contributed by atoms with van der Waals surface area (Å²) in [5, 5.41) is 26.8. The Morgan fingerprint density at radius 2 is 2.06 bits per heavy atom. The van der Waals surface area contributed by atoms with Crippen molar-refractivity contribution < 1.29 is 10.0 Å². The van der Waals surface area contributed by atoms with Gasteiger partial charge in [-0.25, -0.2) is 4.68 Å². The van der Waals surface area contributed by atoms with E-state index in [9.17, 15) is 10.1 Å². The molecule has 0 bridgehead atoms. The predicted molar refractivity (Wildman–Crippen MR) is 58.1 cm³/mol. The van der Waals surface area contributed by atoms with Crippen LogP contribution in [0.5, 0.6) is 0 Å². The number of aliphatic hydroxyl groups excluding tert-OH is 1. The van der Waals surface area contributed by atoms with Crippen LogP contribution in [0.25, 0.3) is 0 Å². The molecule has 0 amide bonds. The number of hydrogen-bond donors (Lipinski definition) is 1. The first-order valence-electron chi connectivity index (χ1n) is 4.92. The minimum atomic E-state index is -0.441. The molecule has 0 unspecified atom stereocenters. The molecule has 2 aromatic rings. The zero-order valence-corrected chi connectivity index (χ0v) is 8.85. The van der Waals surface area contributed by atoms with Crippen molar-refractivity contribution in [2.45, 2.75) is 13.2 Å². The molecule has 1 heterocycles. The van der Waals surface area contributed by atoms with E-state index in [1.54, 1.807) is 23.0 Å². The summed E-state index contributed by atoms with van der Waals surface area (Å²) >= 11 is 0. The van der Waals surface area contributed by atoms with Crippen LogP contribution in [-0.4, -0.2) is 25.0 Å². The van der Waals surface area contributed by atoms with E-state index in [0.29, 0.717) is 12.2 Å². The van der Waals surface area contributed by atoms with Gasteiger partial charge in [-0.1, -0.05) is 17.3 Å². The zero-order chi connectivity index (χ0) is 12.3. The van der Waals surface area contributed by atoms with Crippen molar-refractivity contribution in [1.29, 1.82) is 0 Å². The first kappa shape index (κ1) is 11.2. The lowest BCUT2D eigenvalue weighted by Gasteiger charge is -2.00. The molecule has 1 aromatic carbocycles. The van der Waals surface area contributed by atoms with Gasteiger partial charge in [0.1, 0.15) is 5.69 Å². The molecule has 0 spiro atoms. The van der Waals surface area contributed by atoms with E-state index < -0.39 is 4.92 Å². The molecular formula is C10H10N4O3. The first-order valence-corrected chi connectivity index (χ1v) is 4.92. The van der Waals surface area contributed by atoms with Gasteiger partial charge >= 0.3 is 0 Å². The van der Waals surface area contributed by atoms with Crippen molar-refractivity contribution >= 4 is 5.69 Å². The van der Waals surface area contributed by atoms with Crippen molar-refractivity contribution in [3.63, 3.8) is 0 Å². The number of aromatic nitrogens is 3. The number of nitro groups is 1. The molecule has 0 radical (unpaired) electrons. The average Bonchev–Trinajstić information content (AvgIpc) is 2.77. The Bertz CT molecular complexity index is 521. The standard InChI is InChI=1S/C10H10N4O3/c15-7-9-6-13(12-11-9)5-8-1-3-10(4-2-8)14(16)17/h1-4,6,15H,5,7H2. The fourth-order valence-corrected chi connectivity index (χ4v) is 1.40. The van der Waals surface area contributed by atoms with Gasteiger partial charge in [0.05, 0.1) is 24.3 Å². The Hall–Kier alpha value is -2.28. The van der Waals surface area contributed by atoms with Crippen LogP contribution in [0.2, 0.25) is 0 Å². The van der Waals surface area contributed by atoms with Crippen LogP contribution >= 0.6 is 0 Å². The van der Waals surface area contributed by atoms with Gasteiger partial charge in [-0.15, -0.1) is 5.10 Å². The van der Waals surface area contributed by atoms with Gasteiger partial charge in [0, 0.05) is 12.1 Å². The van der Waals surface area contributed by atoms with Crippen molar-refractivity contribution in [2.24, 2.45) is 0 Å². The Kier molecular flexibility index (Phi) is 3.10. The monoisotopic (exact) mass is 234 g/mol. The molecule has 0 atom stereocenters. The Balaban J connectivity index is 2.10. The molecule has 0 saturated carbocycles. The van der Waals surface area contributed by atoms with E-state index in [2.05, 4.69) is 10.3 Å². The third-order valence-corrected chi connectivity index (χ3v) is 2.24. The molecule has 88 valence electrons. The molecule has 0 fully saturated rings. The van der Waals surface area contributed by atoms with Crippen molar-refractivity contribution in [3.05, 3.63) is 51.8 Å². The molecule has 1 aromatic heterocycles. The molecule has 7 nitrogen and oxygen atoms in total. The van der Waals surface area contributed by atoms with E-state index in [-0.39, 0.29) is 12.3 Å². The minimum absolute atomic E-state index is 0.0587. The van der Waals surface area contributed by atoms with E-state index in [1.807, 2.05) is 0 Å². The van der Waals surface area contributed by atoms with Crippen molar-refractivity contribution in [3.8, 4) is 0 Å². The van der Waals surface area contributed by atoms with Crippen LogP contribution in [0.3, 0.4) is 0 Å². The van der Waals surface area contributed by atoms with Crippen LogP contribution in [0, 0.1) is 10.1 Å². The summed E-state index contributed by atoms with van der Waals surface area (Å²) in [6.07, 6.45) is 1.63. The largest absolute Gasteiger partial charge is 0.390 e. The quantitative estimate of drug-likeness (QED) is 0.621. The molecular weight excluding hydrogens is 224 g/mol. The van der Waals surface area contributed by atoms with Gasteiger partial charge in [0.25, 0.3) is 5.69 Å². The third-order valence-electron chi connectivity index (χ3n) is 2.24. The normalized spacial score (nSPS) is 10.4. The highest BCUT2D eigenvalue weighted by molar-refractivity contribution is 5.32. The SMILES string of the molecule is O=[N+]([O-])c1ccc(Cn2cc(CO)nn2)cc1. The van der Waals surface area contributed by atoms with Crippen LogP contribution in [0.15, 0.2) is 30.5 Å². The molecule has 1 N–H and O–H groups in total. The fraction of sp³-hybridized carbons (Fsp3) is 0.200. The highest BCUT2D eigenvalue weighted by atomic mass is 16.6. The second-order valence-electron chi connectivity index (χ2n) is 3.49. The summed E-state index contributed by atoms with van der Waals surface area (Å²) in [5.41, 5.74) is 1.43. The van der Waals surface area contributed by atoms with Gasteiger partial charge in [-0.3, -0.25) is 10.1 Å². The topological polar surface area (TPSA) is 94.1 Å². The van der Waals surface area contributed by atoms with Crippen LogP contribution in [0.4, 0.5) is 5.69 Å². The Morgan fingerprint density at radius 1 is 1.35 bits per heavy atom. The van der Waals surface area contributed by atoms with Crippen LogP contribution in [0.1, 0.15) is 11.3 Å². The van der Waals surface area contributed by atoms with Gasteiger partial charge in [-0.05, 0) is 5.56 Å². The zero-order valence-electron chi connectivity index (χ0n) is 8.85. The molecule has 2 rings (SSSR count). The highest BCUT2D eigenvalue weighted by Crippen LogP contribution is 2.12. The Labute approximate surface area is 96.5 Å². The van der Waals surface area contributed by atoms with E-state index in [0.717, 1.165) is 5.56 Å². The highest BCUT2D eigenvalue weighted by Gasteiger charge is 2.05. The summed E-state index contributed by atoms with van der Waals surface area (Å²) in [6.45, 7) is 0.311. The number of aliphatic hydroxyl groups is 1. The predicted octanol–water partition coefficient (Wildman–Crippen LogP) is 0.727. The molecule has 0 aliphatic rings. The second kappa shape index (κ2) is 4.71. The number of nitro benzene ring substituents is 1. The lowest BCUT2D eigenvalue weighted by molar-refractivity contribution is -0.384. The maximum absolute atomic E-state index is 10.5. The van der Waals surface area contributed by atoms with Crippen LogP contribution in [-0.2, 0) is 13.2 Å². The number of hydrogen-bond acceptors (Lipinski definition) is 5. The van der Waals surface area contributed by atoms with E-state index in [1.165, 1.54) is 12.1 Å². The second-order valence-corrected chi connectivity index (χ2v) is 3.49. The summed E-state index contributed by atoms with van der Waals surface area (Å²) in [4.78, 5) is 10.0. The fourth-order valence-electron chi connectivity index (χ4n) is 1.40. The summed E-state index contributed by atoms with van der Waals surface area (Å²) < 4.78 is 1.56. The molecule has 0 aliphatic heterocycles. The van der Waals surface area contributed by atoms with Crippen molar-refractivity contribution in [1.82, 2.24) is 15.0 Å². The molecule has 7 heteroatoms. The third kappa shape index (κ3) is 2.64. The number of benzene rings is 1. The first-order chi connectivity index (χ1) is 8.19. The van der Waals surface area contributed by atoms with Crippen molar-refractivity contribution in [2.75, 3.05) is 0 Å². The van der Waals surface area contributed by atoms with E-state index in [4.69, 9.17) is 5.11 Å². The molecule has 0 aliphatic carbocycles.